The second-order valence-electron chi connectivity index (χ2n) is 5.58. The molecule has 0 aliphatic heterocycles. The molecule has 2 aromatic rings. The fraction of sp³-hybridized carbons (Fsp3) is 0.444. The molecule has 0 spiro atoms. The van der Waals surface area contributed by atoms with Crippen LogP contribution in [0.1, 0.15) is 69.0 Å². The third-order valence-corrected chi connectivity index (χ3v) is 4.79. The number of esters is 2. The molecular formula is C18H22N2O6S. The number of amides is 1. The average Bonchev–Trinajstić information content (AvgIpc) is 3.20. The standard InChI is InChI=1S/C18H22N2O6S/c1-5-8-11-9-12(20-26-11)15(21)19-16-13(17(22)24-6-2)10(4)14(27-16)18(23)25-7-3/h9H,5-8H2,1-4H3,(H,19,21). The summed E-state index contributed by atoms with van der Waals surface area (Å²) in [6, 6.07) is 1.55. The molecule has 9 heteroatoms. The van der Waals surface area contributed by atoms with Gasteiger partial charge in [0.2, 0.25) is 0 Å². The maximum atomic E-state index is 12.5. The zero-order valence-electron chi connectivity index (χ0n) is 15.7. The van der Waals surface area contributed by atoms with Crippen LogP contribution < -0.4 is 5.32 Å². The number of carbonyl (C=O) groups is 3. The molecule has 1 N–H and O–H groups in total. The summed E-state index contributed by atoms with van der Waals surface area (Å²) in [5.74, 6) is -1.12. The molecule has 8 nitrogen and oxygen atoms in total. The monoisotopic (exact) mass is 394 g/mol. The maximum Gasteiger partial charge on any atom is 0.348 e. The number of nitrogens with one attached hydrogen (secondary N) is 1. The SMILES string of the molecule is CCCc1cc(C(=O)Nc2sc(C(=O)OCC)c(C)c2C(=O)OCC)no1. The number of carbonyl (C=O) groups excluding carboxylic acids is 3. The predicted molar refractivity (Wildman–Crippen MR) is 99.4 cm³/mol. The highest BCUT2D eigenvalue weighted by atomic mass is 32.1. The molecule has 0 radical (unpaired) electrons. The molecule has 0 aliphatic rings. The number of anilines is 1. The third-order valence-electron chi connectivity index (χ3n) is 3.60. The summed E-state index contributed by atoms with van der Waals surface area (Å²) < 4.78 is 15.2. The van der Waals surface area contributed by atoms with E-state index in [0.717, 1.165) is 17.8 Å². The van der Waals surface area contributed by atoms with Gasteiger partial charge in [-0.25, -0.2) is 9.59 Å². The number of ether oxygens (including phenoxy) is 2. The van der Waals surface area contributed by atoms with Crippen molar-refractivity contribution in [3.8, 4) is 0 Å². The van der Waals surface area contributed by atoms with Crippen molar-refractivity contribution in [2.45, 2.75) is 40.5 Å². The fourth-order valence-corrected chi connectivity index (χ4v) is 3.48. The lowest BCUT2D eigenvalue weighted by Gasteiger charge is -2.05. The Morgan fingerprint density at radius 2 is 1.81 bits per heavy atom. The molecule has 146 valence electrons. The first-order chi connectivity index (χ1) is 12.9. The molecule has 1 amide bonds. The summed E-state index contributed by atoms with van der Waals surface area (Å²) in [4.78, 5) is 37.2. The number of nitrogens with zero attached hydrogens (tertiary/aromatic N) is 1. The van der Waals surface area contributed by atoms with E-state index in [-0.39, 0.29) is 34.3 Å². The van der Waals surface area contributed by atoms with E-state index in [2.05, 4.69) is 10.5 Å². The number of hydrogen-bond acceptors (Lipinski definition) is 8. The van der Waals surface area contributed by atoms with Gasteiger partial charge in [0.1, 0.15) is 15.6 Å². The molecule has 0 aliphatic carbocycles. The van der Waals surface area contributed by atoms with E-state index in [9.17, 15) is 14.4 Å². The van der Waals surface area contributed by atoms with Crippen molar-refractivity contribution < 1.29 is 28.4 Å². The molecule has 0 saturated carbocycles. The quantitative estimate of drug-likeness (QED) is 0.682. The van der Waals surface area contributed by atoms with Gasteiger partial charge >= 0.3 is 11.9 Å². The average molecular weight is 394 g/mol. The molecule has 27 heavy (non-hydrogen) atoms. The van der Waals surface area contributed by atoms with Crippen LogP contribution >= 0.6 is 11.3 Å². The molecule has 0 fully saturated rings. The second kappa shape index (κ2) is 9.31. The zero-order valence-corrected chi connectivity index (χ0v) is 16.5. The maximum absolute atomic E-state index is 12.5. The molecule has 0 aromatic carbocycles. The molecule has 0 atom stereocenters. The van der Waals surface area contributed by atoms with Crippen LogP contribution in [-0.2, 0) is 15.9 Å². The Kier molecular flexibility index (Phi) is 7.12. The Bertz CT molecular complexity index is 839. The van der Waals surface area contributed by atoms with E-state index in [0.29, 0.717) is 17.7 Å². The predicted octanol–water partition coefficient (Wildman–Crippen LogP) is 3.60. The summed E-state index contributed by atoms with van der Waals surface area (Å²) in [7, 11) is 0. The Hall–Kier alpha value is -2.68. The van der Waals surface area contributed by atoms with E-state index < -0.39 is 17.8 Å². The Labute approximate surface area is 160 Å². The first-order valence-corrected chi connectivity index (χ1v) is 9.49. The van der Waals surface area contributed by atoms with Gasteiger partial charge < -0.3 is 19.3 Å². The molecule has 2 rings (SSSR count). The van der Waals surface area contributed by atoms with Crippen LogP contribution in [0.15, 0.2) is 10.6 Å². The van der Waals surface area contributed by atoms with Crippen LogP contribution in [0.2, 0.25) is 0 Å². The Morgan fingerprint density at radius 1 is 1.15 bits per heavy atom. The molecule has 2 aromatic heterocycles. The van der Waals surface area contributed by atoms with E-state index >= 15 is 0 Å². The molecular weight excluding hydrogens is 372 g/mol. The summed E-state index contributed by atoms with van der Waals surface area (Å²) in [5.41, 5.74) is 0.631. The molecule has 0 unspecified atom stereocenters. The minimum Gasteiger partial charge on any atom is -0.462 e. The van der Waals surface area contributed by atoms with Gasteiger partial charge in [-0.15, -0.1) is 11.3 Å². The van der Waals surface area contributed by atoms with Gasteiger partial charge in [-0.1, -0.05) is 12.1 Å². The third kappa shape index (κ3) is 4.73. The fourth-order valence-electron chi connectivity index (χ4n) is 2.39. The lowest BCUT2D eigenvalue weighted by molar-refractivity contribution is 0.0527. The number of aryl methyl sites for hydroxylation is 1. The van der Waals surface area contributed by atoms with Gasteiger partial charge in [0, 0.05) is 12.5 Å². The summed E-state index contributed by atoms with van der Waals surface area (Å²) in [6.45, 7) is 7.33. The van der Waals surface area contributed by atoms with Gasteiger partial charge in [0.15, 0.2) is 5.69 Å². The number of thiophene rings is 1. The number of rotatable bonds is 8. The normalized spacial score (nSPS) is 10.5. The lowest BCUT2D eigenvalue weighted by atomic mass is 10.1. The van der Waals surface area contributed by atoms with Crippen molar-refractivity contribution in [3.05, 3.63) is 33.5 Å². The summed E-state index contributed by atoms with van der Waals surface area (Å²) in [5, 5.41) is 6.58. The topological polar surface area (TPSA) is 108 Å². The van der Waals surface area contributed by atoms with Crippen LogP contribution in [0.3, 0.4) is 0 Å². The van der Waals surface area contributed by atoms with E-state index in [1.807, 2.05) is 6.92 Å². The summed E-state index contributed by atoms with van der Waals surface area (Å²) >= 11 is 0.963. The van der Waals surface area contributed by atoms with Crippen molar-refractivity contribution >= 4 is 34.2 Å². The van der Waals surface area contributed by atoms with E-state index in [4.69, 9.17) is 14.0 Å². The second-order valence-corrected chi connectivity index (χ2v) is 6.60. The van der Waals surface area contributed by atoms with E-state index in [1.165, 1.54) is 0 Å². The summed E-state index contributed by atoms with van der Waals surface area (Å²) in [6.07, 6.45) is 1.52. The van der Waals surface area contributed by atoms with Gasteiger partial charge in [-0.3, -0.25) is 4.79 Å². The van der Waals surface area contributed by atoms with Gasteiger partial charge in [0.25, 0.3) is 5.91 Å². The molecule has 0 bridgehead atoms. The van der Waals surface area contributed by atoms with Gasteiger partial charge in [-0.05, 0) is 32.8 Å². The van der Waals surface area contributed by atoms with Crippen molar-refractivity contribution in [3.63, 3.8) is 0 Å². The minimum absolute atomic E-state index is 0.0944. The minimum atomic E-state index is -0.621. The van der Waals surface area contributed by atoms with E-state index in [1.54, 1.807) is 26.8 Å². The van der Waals surface area contributed by atoms with Crippen molar-refractivity contribution in [2.75, 3.05) is 18.5 Å². The highest BCUT2D eigenvalue weighted by Gasteiger charge is 2.28. The van der Waals surface area contributed by atoms with Crippen LogP contribution in [0, 0.1) is 6.92 Å². The van der Waals surface area contributed by atoms with Crippen molar-refractivity contribution in [1.82, 2.24) is 5.16 Å². The van der Waals surface area contributed by atoms with Gasteiger partial charge in [-0.2, -0.15) is 0 Å². The largest absolute Gasteiger partial charge is 0.462 e. The molecule has 0 saturated heterocycles. The first kappa shape index (κ1) is 20.6. The number of hydrogen-bond donors (Lipinski definition) is 1. The smallest absolute Gasteiger partial charge is 0.348 e. The van der Waals surface area contributed by atoms with Gasteiger partial charge in [0.05, 0.1) is 18.8 Å². The van der Waals surface area contributed by atoms with Crippen LogP contribution in [0.25, 0.3) is 0 Å². The Balaban J connectivity index is 2.35. The molecule has 2 heterocycles. The first-order valence-electron chi connectivity index (χ1n) is 8.67. The highest BCUT2D eigenvalue weighted by molar-refractivity contribution is 7.18. The van der Waals surface area contributed by atoms with Crippen LogP contribution in [0.4, 0.5) is 5.00 Å². The van der Waals surface area contributed by atoms with Crippen molar-refractivity contribution in [1.29, 1.82) is 0 Å². The Morgan fingerprint density at radius 3 is 2.44 bits per heavy atom. The van der Waals surface area contributed by atoms with Crippen LogP contribution in [0.5, 0.6) is 0 Å². The zero-order chi connectivity index (χ0) is 20.0. The van der Waals surface area contributed by atoms with Crippen LogP contribution in [-0.4, -0.2) is 36.2 Å². The lowest BCUT2D eigenvalue weighted by Crippen LogP contribution is -2.15. The van der Waals surface area contributed by atoms with Crippen molar-refractivity contribution in [2.24, 2.45) is 0 Å². The highest BCUT2D eigenvalue weighted by Crippen LogP contribution is 2.34. The number of aromatic nitrogens is 1.